The molecule has 0 spiro atoms. The predicted molar refractivity (Wildman–Crippen MR) is 97.1 cm³/mol. The minimum atomic E-state index is -0.524. The molecule has 0 aliphatic rings. The molecule has 0 fully saturated rings. The molecule has 2 aromatic heterocycles. The number of aromatic nitrogens is 1. The normalized spacial score (nSPS) is 10.7. The van der Waals surface area contributed by atoms with Gasteiger partial charge in [-0.15, -0.1) is 0 Å². The zero-order chi connectivity index (χ0) is 18.8. The molecular weight excluding hydrogens is 349 g/mol. The zero-order valence-electron chi connectivity index (χ0n) is 13.9. The van der Waals surface area contributed by atoms with Gasteiger partial charge in [0.05, 0.1) is 10.9 Å². The van der Waals surface area contributed by atoms with E-state index in [0.29, 0.717) is 28.0 Å². The summed E-state index contributed by atoms with van der Waals surface area (Å²) in [5, 5.41) is 0.308. The van der Waals surface area contributed by atoms with E-state index < -0.39 is 11.8 Å². The van der Waals surface area contributed by atoms with Crippen molar-refractivity contribution in [1.82, 2.24) is 4.98 Å². The van der Waals surface area contributed by atoms with Crippen molar-refractivity contribution in [3.8, 4) is 17.1 Å². The molecule has 0 amide bonds. The van der Waals surface area contributed by atoms with E-state index in [2.05, 4.69) is 4.98 Å². The number of halogens is 1. The third-order valence-corrected chi connectivity index (χ3v) is 3.94. The van der Waals surface area contributed by atoms with Gasteiger partial charge in [0.1, 0.15) is 22.9 Å². The lowest BCUT2D eigenvalue weighted by atomic mass is 10.1. The average Bonchev–Trinajstić information content (AvgIpc) is 2.69. The predicted octanol–water partition coefficient (Wildman–Crippen LogP) is 4.21. The van der Waals surface area contributed by atoms with Crippen LogP contribution in [0.15, 0.2) is 82.3 Å². The van der Waals surface area contributed by atoms with Crippen LogP contribution < -0.4 is 10.2 Å². The van der Waals surface area contributed by atoms with Gasteiger partial charge in [-0.2, -0.15) is 0 Å². The molecule has 6 heteroatoms. The van der Waals surface area contributed by atoms with Crippen LogP contribution in [0.3, 0.4) is 0 Å². The molecule has 2 aromatic carbocycles. The lowest BCUT2D eigenvalue weighted by Gasteiger charge is -2.06. The number of ether oxygens (including phenoxy) is 1. The van der Waals surface area contributed by atoms with Gasteiger partial charge in [0.2, 0.25) is 0 Å². The molecule has 0 aliphatic carbocycles. The Bertz CT molecular complexity index is 1180. The Kier molecular flexibility index (Phi) is 4.22. The fraction of sp³-hybridized carbons (Fsp3) is 0. The molecule has 0 saturated heterocycles. The number of pyridine rings is 1. The summed E-state index contributed by atoms with van der Waals surface area (Å²) in [5.74, 6) is -0.381. The van der Waals surface area contributed by atoms with Crippen molar-refractivity contribution in [1.29, 1.82) is 0 Å². The number of carbonyl (C=O) groups excluding carboxylic acids is 1. The van der Waals surface area contributed by atoms with Crippen LogP contribution in [0.1, 0.15) is 10.4 Å². The summed E-state index contributed by atoms with van der Waals surface area (Å²) in [6.07, 6.45) is 2.98. The molecule has 0 N–H and O–H groups in total. The second kappa shape index (κ2) is 6.84. The highest BCUT2D eigenvalue weighted by atomic mass is 19.1. The van der Waals surface area contributed by atoms with Crippen molar-refractivity contribution in [2.75, 3.05) is 0 Å². The molecule has 27 heavy (non-hydrogen) atoms. The average molecular weight is 361 g/mol. The summed E-state index contributed by atoms with van der Waals surface area (Å²) in [7, 11) is 0. The molecule has 2 heterocycles. The number of nitrogens with zero attached hydrogens (tertiary/aromatic N) is 1. The summed E-state index contributed by atoms with van der Waals surface area (Å²) < 4.78 is 24.3. The minimum Gasteiger partial charge on any atom is -0.456 e. The molecule has 0 bridgehead atoms. The van der Waals surface area contributed by atoms with E-state index >= 15 is 0 Å². The highest BCUT2D eigenvalue weighted by molar-refractivity contribution is 5.90. The van der Waals surface area contributed by atoms with Gasteiger partial charge >= 0.3 is 5.97 Å². The summed E-state index contributed by atoms with van der Waals surface area (Å²) in [6, 6.07) is 14.8. The number of hydrogen-bond donors (Lipinski definition) is 0. The van der Waals surface area contributed by atoms with Gasteiger partial charge in [0.25, 0.3) is 0 Å². The number of carbonyl (C=O) groups is 1. The Morgan fingerprint density at radius 1 is 1.04 bits per heavy atom. The third kappa shape index (κ3) is 3.46. The molecule has 0 saturated carbocycles. The van der Waals surface area contributed by atoms with E-state index in [9.17, 15) is 14.0 Å². The third-order valence-electron chi connectivity index (χ3n) is 3.94. The highest BCUT2D eigenvalue weighted by Crippen LogP contribution is 2.25. The van der Waals surface area contributed by atoms with E-state index in [0.717, 1.165) is 0 Å². The van der Waals surface area contributed by atoms with Gasteiger partial charge in [0.15, 0.2) is 5.43 Å². The summed E-state index contributed by atoms with van der Waals surface area (Å²) in [4.78, 5) is 28.1. The summed E-state index contributed by atoms with van der Waals surface area (Å²) in [6.45, 7) is 0. The number of rotatable bonds is 3. The second-order valence-electron chi connectivity index (χ2n) is 5.77. The Labute approximate surface area is 152 Å². The number of benzene rings is 2. The van der Waals surface area contributed by atoms with Crippen molar-refractivity contribution >= 4 is 16.9 Å². The number of hydrogen-bond acceptors (Lipinski definition) is 5. The molecule has 4 rings (SSSR count). The van der Waals surface area contributed by atoms with Crippen molar-refractivity contribution < 1.29 is 18.3 Å². The molecule has 132 valence electrons. The first-order chi connectivity index (χ1) is 13.1. The topological polar surface area (TPSA) is 69.4 Å². The molecule has 0 aliphatic heterocycles. The van der Waals surface area contributed by atoms with E-state index in [1.807, 2.05) is 0 Å². The van der Waals surface area contributed by atoms with E-state index in [1.54, 1.807) is 42.6 Å². The number of fused-ring (bicyclic) bond motifs is 1. The zero-order valence-corrected chi connectivity index (χ0v) is 13.9. The fourth-order valence-electron chi connectivity index (χ4n) is 2.61. The van der Waals surface area contributed by atoms with Gasteiger partial charge in [-0.25, -0.2) is 9.18 Å². The quantitative estimate of drug-likeness (QED) is 0.404. The molecule has 0 radical (unpaired) electrons. The fourth-order valence-corrected chi connectivity index (χ4v) is 2.61. The van der Waals surface area contributed by atoms with Crippen molar-refractivity contribution in [3.63, 3.8) is 0 Å². The van der Waals surface area contributed by atoms with Crippen molar-refractivity contribution in [2.24, 2.45) is 0 Å². The maximum atomic E-state index is 13.4. The first-order valence-corrected chi connectivity index (χ1v) is 8.06. The Hall–Kier alpha value is -3.80. The number of esters is 1. The maximum Gasteiger partial charge on any atom is 0.345 e. The molecule has 0 atom stereocenters. The summed E-state index contributed by atoms with van der Waals surface area (Å²) >= 11 is 0. The van der Waals surface area contributed by atoms with Crippen LogP contribution in [0.5, 0.6) is 5.75 Å². The van der Waals surface area contributed by atoms with E-state index in [-0.39, 0.29) is 11.0 Å². The monoisotopic (exact) mass is 361 g/mol. The van der Waals surface area contributed by atoms with Crippen molar-refractivity contribution in [3.05, 3.63) is 94.7 Å². The van der Waals surface area contributed by atoms with Gasteiger partial charge in [-0.1, -0.05) is 0 Å². The van der Waals surface area contributed by atoms with Gasteiger partial charge in [0, 0.05) is 30.1 Å². The minimum absolute atomic E-state index is 0.171. The van der Waals surface area contributed by atoms with Gasteiger partial charge in [-0.05, 0) is 48.5 Å². The van der Waals surface area contributed by atoms with Gasteiger partial charge in [-0.3, -0.25) is 9.78 Å². The molecule has 5 nitrogen and oxygen atoms in total. The SMILES string of the molecule is O=C(Oc1ccc(-c2cc(=O)c3ccc(F)cc3o2)cc1)c1cccnc1. The van der Waals surface area contributed by atoms with Crippen LogP contribution in [0, 0.1) is 5.82 Å². The van der Waals surface area contributed by atoms with E-state index in [1.165, 1.54) is 30.5 Å². The smallest absolute Gasteiger partial charge is 0.345 e. The van der Waals surface area contributed by atoms with Crippen LogP contribution in [0.2, 0.25) is 0 Å². The van der Waals surface area contributed by atoms with Crippen LogP contribution in [-0.4, -0.2) is 11.0 Å². The maximum absolute atomic E-state index is 13.4. The molecular formula is C21H12FNO4. The van der Waals surface area contributed by atoms with Crippen LogP contribution in [0.4, 0.5) is 4.39 Å². The Balaban J connectivity index is 1.62. The summed E-state index contributed by atoms with van der Waals surface area (Å²) in [5.41, 5.74) is 0.839. The van der Waals surface area contributed by atoms with Crippen molar-refractivity contribution in [2.45, 2.75) is 0 Å². The Morgan fingerprint density at radius 2 is 1.85 bits per heavy atom. The Morgan fingerprint density at radius 3 is 2.59 bits per heavy atom. The highest BCUT2D eigenvalue weighted by Gasteiger charge is 2.10. The molecule has 4 aromatic rings. The molecule has 0 unspecified atom stereocenters. The first kappa shape index (κ1) is 16.7. The van der Waals surface area contributed by atoms with Crippen LogP contribution >= 0.6 is 0 Å². The largest absolute Gasteiger partial charge is 0.456 e. The van der Waals surface area contributed by atoms with E-state index in [4.69, 9.17) is 9.15 Å². The second-order valence-corrected chi connectivity index (χ2v) is 5.77. The lowest BCUT2D eigenvalue weighted by Crippen LogP contribution is -2.08. The van der Waals surface area contributed by atoms with Crippen LogP contribution in [0.25, 0.3) is 22.3 Å². The lowest BCUT2D eigenvalue weighted by molar-refractivity contribution is 0.0734. The van der Waals surface area contributed by atoms with Gasteiger partial charge < -0.3 is 9.15 Å². The standard InChI is InChI=1S/C21H12FNO4/c22-15-5-8-17-18(24)11-19(27-20(17)10-15)13-3-6-16(7-4-13)26-21(25)14-2-1-9-23-12-14/h1-12H. The first-order valence-electron chi connectivity index (χ1n) is 8.06. The van der Waals surface area contributed by atoms with Crippen LogP contribution in [-0.2, 0) is 0 Å².